The van der Waals surface area contributed by atoms with Gasteiger partial charge in [-0.3, -0.25) is 4.79 Å². The number of urea groups is 1. The quantitative estimate of drug-likeness (QED) is 0.704. The molecule has 1 aromatic carbocycles. The molecular formula is C19H24N4O4S. The third kappa shape index (κ3) is 3.99. The molecule has 1 fully saturated rings. The highest BCUT2D eigenvalue weighted by atomic mass is 32.2. The van der Waals surface area contributed by atoms with Gasteiger partial charge in [-0.1, -0.05) is 18.2 Å². The van der Waals surface area contributed by atoms with Crippen LogP contribution in [0.5, 0.6) is 0 Å². The van der Waals surface area contributed by atoms with E-state index in [1.165, 1.54) is 10.9 Å². The molecule has 28 heavy (non-hydrogen) atoms. The predicted octanol–water partition coefficient (Wildman–Crippen LogP) is 0.929. The third-order valence-corrected chi connectivity index (χ3v) is 7.16. The molecule has 0 bridgehead atoms. The fourth-order valence-corrected chi connectivity index (χ4v) is 5.64. The van der Waals surface area contributed by atoms with Crippen LogP contribution < -0.4 is 10.6 Å². The minimum atomic E-state index is -3.02. The van der Waals surface area contributed by atoms with Crippen molar-refractivity contribution in [3.8, 4) is 0 Å². The van der Waals surface area contributed by atoms with E-state index in [2.05, 4.69) is 21.7 Å². The smallest absolute Gasteiger partial charge is 0.317 e. The van der Waals surface area contributed by atoms with Crippen molar-refractivity contribution in [2.45, 2.75) is 31.8 Å². The topological polar surface area (TPSA) is 111 Å². The zero-order valence-corrected chi connectivity index (χ0v) is 16.3. The van der Waals surface area contributed by atoms with E-state index in [0.29, 0.717) is 19.5 Å². The average molecular weight is 404 g/mol. The van der Waals surface area contributed by atoms with Gasteiger partial charge in [0.25, 0.3) is 0 Å². The average Bonchev–Trinajstić information content (AvgIpc) is 3.20. The van der Waals surface area contributed by atoms with Crippen LogP contribution in [-0.2, 0) is 27.6 Å². The molecule has 3 heterocycles. The fourth-order valence-electron chi connectivity index (χ4n) is 3.97. The molecule has 2 aromatic rings. The second-order valence-electron chi connectivity index (χ2n) is 7.45. The molecule has 3 amide bonds. The summed E-state index contributed by atoms with van der Waals surface area (Å²) >= 11 is 0. The Hall–Kier alpha value is -2.55. The number of para-hydroxylation sites is 1. The van der Waals surface area contributed by atoms with Crippen LogP contribution in [0.25, 0.3) is 10.9 Å². The highest BCUT2D eigenvalue weighted by Crippen LogP contribution is 2.27. The van der Waals surface area contributed by atoms with E-state index in [9.17, 15) is 18.0 Å². The zero-order valence-electron chi connectivity index (χ0n) is 15.5. The second-order valence-corrected chi connectivity index (χ2v) is 9.68. The molecule has 1 aromatic heterocycles. The molecule has 0 aliphatic carbocycles. The molecule has 3 N–H and O–H groups in total. The van der Waals surface area contributed by atoms with Gasteiger partial charge in [0.2, 0.25) is 5.91 Å². The molecule has 2 aliphatic rings. The fraction of sp³-hybridized carbons (Fsp3) is 0.474. The summed E-state index contributed by atoms with van der Waals surface area (Å²) in [6.45, 7) is 1.37. The molecule has 4 rings (SSSR count). The number of nitrogens with zero attached hydrogens (tertiary/aromatic N) is 1. The Balaban J connectivity index is 1.25. The van der Waals surface area contributed by atoms with Crippen molar-refractivity contribution in [3.05, 3.63) is 35.5 Å². The SMILES string of the molecule is O=C(CCNC(=O)N1CCc2c([nH]c3ccccc23)C1)N[C@@H]1CCS(=O)(=O)C1. The Labute approximate surface area is 163 Å². The van der Waals surface area contributed by atoms with Gasteiger partial charge >= 0.3 is 6.03 Å². The van der Waals surface area contributed by atoms with Crippen LogP contribution >= 0.6 is 0 Å². The first-order chi connectivity index (χ1) is 13.4. The van der Waals surface area contributed by atoms with Crippen molar-refractivity contribution >= 4 is 32.7 Å². The summed E-state index contributed by atoms with van der Waals surface area (Å²) < 4.78 is 22.9. The molecule has 1 saturated heterocycles. The molecule has 0 unspecified atom stereocenters. The van der Waals surface area contributed by atoms with E-state index in [4.69, 9.17) is 0 Å². The van der Waals surface area contributed by atoms with Gasteiger partial charge < -0.3 is 20.5 Å². The maximum atomic E-state index is 12.4. The summed E-state index contributed by atoms with van der Waals surface area (Å²) in [5, 5.41) is 6.72. The predicted molar refractivity (Wildman–Crippen MR) is 106 cm³/mol. The molecule has 0 radical (unpaired) electrons. The number of rotatable bonds is 4. The summed E-state index contributed by atoms with van der Waals surface area (Å²) in [6, 6.07) is 7.62. The number of carbonyl (C=O) groups excluding carboxylic acids is 2. The van der Waals surface area contributed by atoms with Crippen molar-refractivity contribution in [2.24, 2.45) is 0 Å². The Bertz CT molecular complexity index is 1010. The lowest BCUT2D eigenvalue weighted by atomic mass is 10.0. The highest BCUT2D eigenvalue weighted by molar-refractivity contribution is 7.91. The van der Waals surface area contributed by atoms with E-state index in [1.807, 2.05) is 18.2 Å². The number of aromatic amines is 1. The van der Waals surface area contributed by atoms with Crippen LogP contribution in [0.15, 0.2) is 24.3 Å². The van der Waals surface area contributed by atoms with Gasteiger partial charge in [0.15, 0.2) is 9.84 Å². The van der Waals surface area contributed by atoms with E-state index in [-0.39, 0.29) is 42.5 Å². The van der Waals surface area contributed by atoms with Crippen molar-refractivity contribution in [2.75, 3.05) is 24.6 Å². The second kappa shape index (κ2) is 7.46. The van der Waals surface area contributed by atoms with E-state index < -0.39 is 9.84 Å². The maximum absolute atomic E-state index is 12.4. The molecule has 8 nitrogen and oxygen atoms in total. The number of carbonyl (C=O) groups is 2. The minimum Gasteiger partial charge on any atom is -0.357 e. The van der Waals surface area contributed by atoms with Gasteiger partial charge in [-0.15, -0.1) is 0 Å². The summed E-state index contributed by atoms with van der Waals surface area (Å²) in [6.07, 6.45) is 1.39. The van der Waals surface area contributed by atoms with E-state index >= 15 is 0 Å². The molecule has 1 atom stereocenters. The van der Waals surface area contributed by atoms with Crippen molar-refractivity contribution in [1.29, 1.82) is 0 Å². The van der Waals surface area contributed by atoms with Crippen LogP contribution in [0.1, 0.15) is 24.1 Å². The van der Waals surface area contributed by atoms with Crippen LogP contribution in [-0.4, -0.2) is 60.9 Å². The molecule has 150 valence electrons. The Morgan fingerprint density at radius 1 is 1.25 bits per heavy atom. The highest BCUT2D eigenvalue weighted by Gasteiger charge is 2.29. The molecule has 0 spiro atoms. The lowest BCUT2D eigenvalue weighted by Gasteiger charge is -2.27. The summed E-state index contributed by atoms with van der Waals surface area (Å²) in [7, 11) is -3.02. The Kier molecular flexibility index (Phi) is 5.01. The number of hydrogen-bond acceptors (Lipinski definition) is 4. The van der Waals surface area contributed by atoms with Crippen molar-refractivity contribution in [1.82, 2.24) is 20.5 Å². The van der Waals surface area contributed by atoms with Gasteiger partial charge in [-0.25, -0.2) is 13.2 Å². The first kappa shape index (κ1) is 18.8. The lowest BCUT2D eigenvalue weighted by molar-refractivity contribution is -0.121. The van der Waals surface area contributed by atoms with Gasteiger partial charge in [-0.05, 0) is 24.5 Å². The Morgan fingerprint density at radius 2 is 2.07 bits per heavy atom. The standard InChI is InChI=1S/C19H24N4O4S/c24-18(21-13-7-10-28(26,27)12-13)5-8-20-19(25)23-9-6-15-14-3-1-2-4-16(14)22-17(15)11-23/h1-4,13,22H,5-12H2,(H,20,25)(H,21,24)/t13-/m1/s1. The first-order valence-electron chi connectivity index (χ1n) is 9.52. The monoisotopic (exact) mass is 404 g/mol. The number of H-pyrrole nitrogens is 1. The Morgan fingerprint density at radius 3 is 2.86 bits per heavy atom. The first-order valence-corrected chi connectivity index (χ1v) is 11.3. The molecule has 9 heteroatoms. The van der Waals surface area contributed by atoms with Crippen LogP contribution in [0, 0.1) is 0 Å². The number of aromatic nitrogens is 1. The maximum Gasteiger partial charge on any atom is 0.317 e. The number of fused-ring (bicyclic) bond motifs is 3. The number of sulfone groups is 1. The third-order valence-electron chi connectivity index (χ3n) is 5.40. The van der Waals surface area contributed by atoms with Gasteiger partial charge in [0, 0.05) is 42.1 Å². The van der Waals surface area contributed by atoms with Gasteiger partial charge in [-0.2, -0.15) is 0 Å². The van der Waals surface area contributed by atoms with E-state index in [0.717, 1.165) is 17.6 Å². The minimum absolute atomic E-state index is 0.00567. The largest absolute Gasteiger partial charge is 0.357 e. The summed E-state index contributed by atoms with van der Waals surface area (Å²) in [4.78, 5) is 29.5. The summed E-state index contributed by atoms with van der Waals surface area (Å²) in [5.74, 6) is -0.107. The summed E-state index contributed by atoms with van der Waals surface area (Å²) in [5.41, 5.74) is 3.41. The molecule has 2 aliphatic heterocycles. The van der Waals surface area contributed by atoms with Crippen molar-refractivity contribution in [3.63, 3.8) is 0 Å². The van der Waals surface area contributed by atoms with Gasteiger partial charge in [0.1, 0.15) is 0 Å². The van der Waals surface area contributed by atoms with E-state index in [1.54, 1.807) is 4.90 Å². The van der Waals surface area contributed by atoms with Crippen molar-refractivity contribution < 1.29 is 18.0 Å². The number of benzene rings is 1. The zero-order chi connectivity index (χ0) is 19.7. The van der Waals surface area contributed by atoms with Gasteiger partial charge in [0.05, 0.1) is 18.1 Å². The van der Waals surface area contributed by atoms with Crippen LogP contribution in [0.2, 0.25) is 0 Å². The lowest BCUT2D eigenvalue weighted by Crippen LogP contribution is -2.44. The number of hydrogen-bond donors (Lipinski definition) is 3. The molecule has 0 saturated carbocycles. The number of nitrogens with one attached hydrogen (secondary N) is 3. The normalized spacial score (nSPS) is 20.7. The molecular weight excluding hydrogens is 380 g/mol. The number of amides is 3. The van der Waals surface area contributed by atoms with Crippen LogP contribution in [0.4, 0.5) is 4.79 Å². The van der Waals surface area contributed by atoms with Crippen LogP contribution in [0.3, 0.4) is 0 Å².